The summed E-state index contributed by atoms with van der Waals surface area (Å²) in [5.74, 6) is 0.706. The number of carbonyl (C=O) groups is 1. The molecule has 0 spiro atoms. The normalized spacial score (nSPS) is 11.3. The van der Waals surface area contributed by atoms with E-state index in [4.69, 9.17) is 4.98 Å². The van der Waals surface area contributed by atoms with E-state index in [1.54, 1.807) is 10.9 Å². The zero-order valence-corrected chi connectivity index (χ0v) is 18.0. The van der Waals surface area contributed by atoms with Crippen LogP contribution in [-0.4, -0.2) is 42.0 Å². The van der Waals surface area contributed by atoms with E-state index in [9.17, 15) is 4.79 Å². The first-order chi connectivity index (χ1) is 15.7. The SMILES string of the molecule is CCn1c(CCNC(=O)c2nnn(-c3cccc4cccnc34)c2C)nc2ccccc21. The summed E-state index contributed by atoms with van der Waals surface area (Å²) >= 11 is 0. The Balaban J connectivity index is 1.34. The van der Waals surface area contributed by atoms with Gasteiger partial charge in [0.25, 0.3) is 5.91 Å². The van der Waals surface area contributed by atoms with Gasteiger partial charge in [0.15, 0.2) is 5.69 Å². The number of aromatic nitrogens is 6. The second kappa shape index (κ2) is 8.22. The van der Waals surface area contributed by atoms with Crippen LogP contribution in [0.1, 0.15) is 28.9 Å². The number of benzene rings is 2. The number of nitrogens with one attached hydrogen (secondary N) is 1. The van der Waals surface area contributed by atoms with Crippen LogP contribution in [0.15, 0.2) is 60.8 Å². The van der Waals surface area contributed by atoms with Crippen molar-refractivity contribution in [2.75, 3.05) is 6.54 Å². The van der Waals surface area contributed by atoms with E-state index in [1.807, 2.05) is 55.5 Å². The maximum atomic E-state index is 12.8. The van der Waals surface area contributed by atoms with Gasteiger partial charge >= 0.3 is 0 Å². The Morgan fingerprint density at radius 2 is 1.91 bits per heavy atom. The Kier molecular flexibility index (Phi) is 5.10. The van der Waals surface area contributed by atoms with Crippen molar-refractivity contribution in [1.29, 1.82) is 0 Å². The highest BCUT2D eigenvalue weighted by molar-refractivity contribution is 5.93. The van der Waals surface area contributed by atoms with Crippen LogP contribution in [0.25, 0.3) is 27.6 Å². The third kappa shape index (κ3) is 3.39. The van der Waals surface area contributed by atoms with E-state index in [0.717, 1.165) is 40.0 Å². The summed E-state index contributed by atoms with van der Waals surface area (Å²) in [6, 6.07) is 17.8. The van der Waals surface area contributed by atoms with Gasteiger partial charge in [-0.15, -0.1) is 5.10 Å². The summed E-state index contributed by atoms with van der Waals surface area (Å²) in [4.78, 5) is 22.0. The Hall–Kier alpha value is -4.07. The van der Waals surface area contributed by atoms with E-state index in [-0.39, 0.29) is 5.91 Å². The maximum Gasteiger partial charge on any atom is 0.273 e. The molecule has 0 saturated carbocycles. The Morgan fingerprint density at radius 1 is 1.06 bits per heavy atom. The summed E-state index contributed by atoms with van der Waals surface area (Å²) < 4.78 is 3.84. The molecule has 2 aromatic carbocycles. The van der Waals surface area contributed by atoms with Crippen molar-refractivity contribution in [1.82, 2.24) is 34.8 Å². The molecule has 32 heavy (non-hydrogen) atoms. The number of imidazole rings is 1. The zero-order chi connectivity index (χ0) is 22.1. The van der Waals surface area contributed by atoms with Crippen LogP contribution in [0.5, 0.6) is 0 Å². The molecule has 0 fully saturated rings. The van der Waals surface area contributed by atoms with Crippen molar-refractivity contribution in [3.05, 3.63) is 78.0 Å². The Labute approximate surface area is 184 Å². The average molecular weight is 425 g/mol. The second-order valence-electron chi connectivity index (χ2n) is 7.55. The maximum absolute atomic E-state index is 12.8. The summed E-state index contributed by atoms with van der Waals surface area (Å²) in [6.07, 6.45) is 2.38. The number of hydrogen-bond acceptors (Lipinski definition) is 5. The van der Waals surface area contributed by atoms with Crippen molar-refractivity contribution in [2.24, 2.45) is 0 Å². The zero-order valence-electron chi connectivity index (χ0n) is 18.0. The van der Waals surface area contributed by atoms with Crippen LogP contribution in [0, 0.1) is 6.92 Å². The van der Waals surface area contributed by atoms with Gasteiger partial charge in [-0.2, -0.15) is 0 Å². The minimum absolute atomic E-state index is 0.249. The Bertz CT molecular complexity index is 1430. The summed E-state index contributed by atoms with van der Waals surface area (Å²) in [5, 5.41) is 12.3. The average Bonchev–Trinajstić information content (AvgIpc) is 3.38. The highest BCUT2D eigenvalue weighted by atomic mass is 16.2. The number of rotatable bonds is 6. The molecular formula is C24H23N7O. The number of aryl methyl sites for hydroxylation is 1. The molecule has 0 radical (unpaired) electrons. The fraction of sp³-hybridized carbons (Fsp3) is 0.208. The highest BCUT2D eigenvalue weighted by Gasteiger charge is 2.19. The van der Waals surface area contributed by atoms with E-state index >= 15 is 0 Å². The van der Waals surface area contributed by atoms with Crippen molar-refractivity contribution < 1.29 is 4.79 Å². The molecule has 0 aliphatic carbocycles. The molecule has 8 nitrogen and oxygen atoms in total. The van der Waals surface area contributed by atoms with E-state index in [1.165, 1.54) is 0 Å². The third-order valence-corrected chi connectivity index (χ3v) is 5.63. The number of nitrogens with zero attached hydrogens (tertiary/aromatic N) is 6. The predicted molar refractivity (Wildman–Crippen MR) is 123 cm³/mol. The van der Waals surface area contributed by atoms with Crippen LogP contribution in [0.3, 0.4) is 0 Å². The van der Waals surface area contributed by atoms with Gasteiger partial charge in [-0.1, -0.05) is 35.5 Å². The van der Waals surface area contributed by atoms with Gasteiger partial charge in [0.1, 0.15) is 5.82 Å². The molecule has 0 aliphatic heterocycles. The largest absolute Gasteiger partial charge is 0.350 e. The molecule has 160 valence electrons. The first-order valence-electron chi connectivity index (χ1n) is 10.7. The van der Waals surface area contributed by atoms with Crippen LogP contribution < -0.4 is 5.32 Å². The minimum Gasteiger partial charge on any atom is -0.350 e. The van der Waals surface area contributed by atoms with E-state index in [2.05, 4.69) is 38.2 Å². The summed E-state index contributed by atoms with van der Waals surface area (Å²) in [7, 11) is 0. The molecule has 0 atom stereocenters. The lowest BCUT2D eigenvalue weighted by Gasteiger charge is -2.08. The molecule has 8 heteroatoms. The topological polar surface area (TPSA) is 90.5 Å². The van der Waals surface area contributed by atoms with Crippen LogP contribution in [-0.2, 0) is 13.0 Å². The van der Waals surface area contributed by atoms with Crippen molar-refractivity contribution in [2.45, 2.75) is 26.8 Å². The first-order valence-corrected chi connectivity index (χ1v) is 10.7. The molecular weight excluding hydrogens is 402 g/mol. The first kappa shape index (κ1) is 19.9. The molecule has 3 aromatic heterocycles. The molecule has 0 aliphatic rings. The van der Waals surface area contributed by atoms with Gasteiger partial charge in [0.2, 0.25) is 0 Å². The Morgan fingerprint density at radius 3 is 2.78 bits per heavy atom. The minimum atomic E-state index is -0.249. The number of carbonyl (C=O) groups excluding carboxylic acids is 1. The second-order valence-corrected chi connectivity index (χ2v) is 7.55. The molecule has 0 unspecified atom stereocenters. The van der Waals surface area contributed by atoms with Crippen LogP contribution in [0.4, 0.5) is 0 Å². The lowest BCUT2D eigenvalue weighted by Crippen LogP contribution is -2.27. The van der Waals surface area contributed by atoms with Crippen molar-refractivity contribution >= 4 is 27.8 Å². The molecule has 1 N–H and O–H groups in total. The van der Waals surface area contributed by atoms with Gasteiger partial charge in [-0.05, 0) is 38.1 Å². The molecule has 5 rings (SSSR count). The number of amides is 1. The van der Waals surface area contributed by atoms with E-state index < -0.39 is 0 Å². The van der Waals surface area contributed by atoms with Crippen molar-refractivity contribution in [3.63, 3.8) is 0 Å². The summed E-state index contributed by atoms with van der Waals surface area (Å²) in [5.41, 5.74) is 4.66. The van der Waals surface area contributed by atoms with E-state index in [0.29, 0.717) is 24.4 Å². The number of pyridine rings is 1. The number of fused-ring (bicyclic) bond motifs is 2. The quantitative estimate of drug-likeness (QED) is 0.450. The van der Waals surface area contributed by atoms with Gasteiger partial charge in [0, 0.05) is 31.1 Å². The van der Waals surface area contributed by atoms with Gasteiger partial charge in [-0.25, -0.2) is 9.67 Å². The van der Waals surface area contributed by atoms with Crippen molar-refractivity contribution in [3.8, 4) is 5.69 Å². The molecule has 0 bridgehead atoms. The lowest BCUT2D eigenvalue weighted by molar-refractivity contribution is 0.0948. The lowest BCUT2D eigenvalue weighted by atomic mass is 10.2. The fourth-order valence-corrected chi connectivity index (χ4v) is 4.07. The third-order valence-electron chi connectivity index (χ3n) is 5.63. The smallest absolute Gasteiger partial charge is 0.273 e. The van der Waals surface area contributed by atoms with Crippen LogP contribution in [0.2, 0.25) is 0 Å². The van der Waals surface area contributed by atoms with Gasteiger partial charge in [-0.3, -0.25) is 9.78 Å². The van der Waals surface area contributed by atoms with Gasteiger partial charge in [0.05, 0.1) is 27.9 Å². The monoisotopic (exact) mass is 425 g/mol. The molecule has 5 aromatic rings. The molecule has 0 saturated heterocycles. The van der Waals surface area contributed by atoms with Gasteiger partial charge < -0.3 is 9.88 Å². The molecule has 3 heterocycles. The molecule has 1 amide bonds. The fourth-order valence-electron chi connectivity index (χ4n) is 4.07. The summed E-state index contributed by atoms with van der Waals surface area (Å²) in [6.45, 7) is 5.23. The number of para-hydroxylation sites is 3. The predicted octanol–water partition coefficient (Wildman–Crippen LogP) is 3.47. The van der Waals surface area contributed by atoms with Crippen LogP contribution >= 0.6 is 0 Å². The number of hydrogen-bond donors (Lipinski definition) is 1. The standard InChI is InChI=1S/C24H23N7O/c1-3-30-19-11-5-4-10-18(19)27-21(30)13-15-26-24(32)22-16(2)31(29-28-22)20-12-6-8-17-9-7-14-25-23(17)20/h4-12,14H,3,13,15H2,1-2H3,(H,26,32). The highest BCUT2D eigenvalue weighted by Crippen LogP contribution is 2.21.